The molecule has 5 heteroatoms. The molecule has 0 saturated carbocycles. The van der Waals surface area contributed by atoms with Gasteiger partial charge < -0.3 is 10.5 Å². The predicted molar refractivity (Wildman–Crippen MR) is 71.8 cm³/mol. The van der Waals surface area contributed by atoms with E-state index >= 15 is 0 Å². The van der Waals surface area contributed by atoms with Crippen molar-refractivity contribution in [2.24, 2.45) is 12.8 Å². The number of rotatable bonds is 5. The first kappa shape index (κ1) is 12.9. The van der Waals surface area contributed by atoms with E-state index in [0.717, 1.165) is 16.9 Å². The number of benzene rings is 1. The maximum Gasteiger partial charge on any atom is 0.124 e. The van der Waals surface area contributed by atoms with E-state index in [1.54, 1.807) is 10.9 Å². The van der Waals surface area contributed by atoms with Crippen LogP contribution < -0.4 is 10.5 Å². The molecule has 0 aliphatic heterocycles. The third kappa shape index (κ3) is 3.03. The second-order valence-electron chi connectivity index (χ2n) is 4.07. The lowest BCUT2D eigenvalue weighted by molar-refractivity contribution is 0.303. The molecule has 0 amide bonds. The van der Waals surface area contributed by atoms with Crippen LogP contribution in [0.3, 0.4) is 0 Å². The van der Waals surface area contributed by atoms with Crippen LogP contribution in [0.4, 0.5) is 0 Å². The van der Waals surface area contributed by atoms with Gasteiger partial charge in [-0.05, 0) is 25.1 Å². The lowest BCUT2D eigenvalue weighted by Crippen LogP contribution is -2.06. The molecule has 18 heavy (non-hydrogen) atoms. The van der Waals surface area contributed by atoms with Crippen molar-refractivity contribution < 1.29 is 4.74 Å². The van der Waals surface area contributed by atoms with Gasteiger partial charge in [0, 0.05) is 29.4 Å². The van der Waals surface area contributed by atoms with Crippen LogP contribution >= 0.6 is 11.6 Å². The molecule has 96 valence electrons. The second kappa shape index (κ2) is 5.89. The molecule has 2 aromatic rings. The number of halogens is 1. The van der Waals surface area contributed by atoms with Crippen LogP contribution in [0.5, 0.6) is 5.75 Å². The zero-order valence-corrected chi connectivity index (χ0v) is 11.0. The Kier molecular flexibility index (Phi) is 4.23. The third-order valence-corrected chi connectivity index (χ3v) is 2.98. The normalized spacial score (nSPS) is 10.6. The average Bonchev–Trinajstić information content (AvgIpc) is 2.76. The fourth-order valence-corrected chi connectivity index (χ4v) is 2.03. The van der Waals surface area contributed by atoms with E-state index in [1.165, 1.54) is 0 Å². The van der Waals surface area contributed by atoms with Crippen molar-refractivity contribution in [3.05, 3.63) is 46.7 Å². The van der Waals surface area contributed by atoms with E-state index in [9.17, 15) is 0 Å². The van der Waals surface area contributed by atoms with Gasteiger partial charge in [0.2, 0.25) is 0 Å². The lowest BCUT2D eigenvalue weighted by Gasteiger charge is -2.11. The number of aryl methyl sites for hydroxylation is 1. The number of ether oxygens (including phenoxy) is 1. The molecule has 0 unspecified atom stereocenters. The first-order valence-corrected chi connectivity index (χ1v) is 6.16. The molecule has 0 spiro atoms. The highest BCUT2D eigenvalue weighted by molar-refractivity contribution is 6.31. The summed E-state index contributed by atoms with van der Waals surface area (Å²) in [6.45, 7) is 1.03. The molecule has 0 saturated heterocycles. The van der Waals surface area contributed by atoms with Gasteiger partial charge in [-0.25, -0.2) is 0 Å². The molecule has 0 aliphatic carbocycles. The van der Waals surface area contributed by atoms with E-state index in [4.69, 9.17) is 22.1 Å². The Bertz CT molecular complexity index is 525. The number of aromatic nitrogens is 2. The Morgan fingerprint density at radius 2 is 2.28 bits per heavy atom. The van der Waals surface area contributed by atoms with E-state index in [2.05, 4.69) is 5.10 Å². The first-order chi connectivity index (χ1) is 8.70. The predicted octanol–water partition coefficient (Wildman–Crippen LogP) is 2.15. The molecule has 1 aromatic carbocycles. The van der Waals surface area contributed by atoms with Gasteiger partial charge in [0.15, 0.2) is 0 Å². The fourth-order valence-electron chi connectivity index (χ4n) is 1.77. The molecular formula is C13H16ClN3O. The largest absolute Gasteiger partial charge is 0.488 e. The maximum atomic E-state index is 6.14. The molecule has 2 rings (SSSR count). The van der Waals surface area contributed by atoms with Crippen LogP contribution in [0.25, 0.3) is 0 Å². The Hall–Kier alpha value is -1.52. The van der Waals surface area contributed by atoms with E-state index in [0.29, 0.717) is 24.6 Å². The monoisotopic (exact) mass is 265 g/mol. The summed E-state index contributed by atoms with van der Waals surface area (Å²) in [6, 6.07) is 5.64. The van der Waals surface area contributed by atoms with E-state index < -0.39 is 0 Å². The Labute approximate surface area is 111 Å². The van der Waals surface area contributed by atoms with Gasteiger partial charge in [0.25, 0.3) is 0 Å². The van der Waals surface area contributed by atoms with Crippen molar-refractivity contribution in [1.82, 2.24) is 9.78 Å². The average molecular weight is 266 g/mol. The summed E-state index contributed by atoms with van der Waals surface area (Å²) < 4.78 is 7.52. The van der Waals surface area contributed by atoms with Crippen LogP contribution in [-0.4, -0.2) is 16.3 Å². The standard InChI is InChI=1S/C13H16ClN3O/c1-17-8-10(7-16-17)9-18-13-4-2-3-12(14)11(13)5-6-15/h2-4,7-8H,5-6,9,15H2,1H3. The van der Waals surface area contributed by atoms with Gasteiger partial charge in [-0.1, -0.05) is 17.7 Å². The Balaban J connectivity index is 2.11. The van der Waals surface area contributed by atoms with Crippen LogP contribution in [-0.2, 0) is 20.1 Å². The molecule has 1 heterocycles. The van der Waals surface area contributed by atoms with Crippen molar-refractivity contribution in [2.75, 3.05) is 6.54 Å². The van der Waals surface area contributed by atoms with Crippen LogP contribution in [0.2, 0.25) is 5.02 Å². The maximum absolute atomic E-state index is 6.14. The van der Waals surface area contributed by atoms with E-state index in [1.807, 2.05) is 31.4 Å². The van der Waals surface area contributed by atoms with Gasteiger partial charge in [0.05, 0.1) is 6.20 Å². The zero-order chi connectivity index (χ0) is 13.0. The highest BCUT2D eigenvalue weighted by atomic mass is 35.5. The minimum absolute atomic E-state index is 0.478. The molecule has 1 aromatic heterocycles. The van der Waals surface area contributed by atoms with Crippen molar-refractivity contribution in [1.29, 1.82) is 0 Å². The Morgan fingerprint density at radius 3 is 2.94 bits per heavy atom. The summed E-state index contributed by atoms with van der Waals surface area (Å²) in [5.41, 5.74) is 7.57. The van der Waals surface area contributed by atoms with Crippen molar-refractivity contribution in [3.8, 4) is 5.75 Å². The van der Waals surface area contributed by atoms with Crippen molar-refractivity contribution in [3.63, 3.8) is 0 Å². The van der Waals surface area contributed by atoms with Crippen molar-refractivity contribution >= 4 is 11.6 Å². The summed E-state index contributed by atoms with van der Waals surface area (Å²) >= 11 is 6.14. The summed E-state index contributed by atoms with van der Waals surface area (Å²) in [5, 5.41) is 4.79. The topological polar surface area (TPSA) is 53.1 Å². The number of nitrogens with zero attached hydrogens (tertiary/aromatic N) is 2. The van der Waals surface area contributed by atoms with Gasteiger partial charge in [-0.3, -0.25) is 4.68 Å². The highest BCUT2D eigenvalue weighted by Gasteiger charge is 2.08. The fraction of sp³-hybridized carbons (Fsp3) is 0.308. The summed E-state index contributed by atoms with van der Waals surface area (Å²) in [7, 11) is 1.88. The van der Waals surface area contributed by atoms with Gasteiger partial charge in [-0.15, -0.1) is 0 Å². The number of hydrogen-bond acceptors (Lipinski definition) is 3. The minimum Gasteiger partial charge on any atom is -0.488 e. The molecule has 0 bridgehead atoms. The molecule has 2 N–H and O–H groups in total. The second-order valence-corrected chi connectivity index (χ2v) is 4.47. The van der Waals surface area contributed by atoms with Gasteiger partial charge in [0.1, 0.15) is 12.4 Å². The number of nitrogens with two attached hydrogens (primary N) is 1. The molecule has 0 radical (unpaired) electrons. The zero-order valence-electron chi connectivity index (χ0n) is 10.3. The van der Waals surface area contributed by atoms with Crippen molar-refractivity contribution in [2.45, 2.75) is 13.0 Å². The lowest BCUT2D eigenvalue weighted by atomic mass is 10.1. The van der Waals surface area contributed by atoms with Crippen LogP contribution in [0, 0.1) is 0 Å². The minimum atomic E-state index is 0.478. The van der Waals surface area contributed by atoms with Crippen LogP contribution in [0.1, 0.15) is 11.1 Å². The highest BCUT2D eigenvalue weighted by Crippen LogP contribution is 2.27. The molecule has 0 fully saturated rings. The molecule has 0 atom stereocenters. The molecule has 4 nitrogen and oxygen atoms in total. The number of hydrogen-bond donors (Lipinski definition) is 1. The summed E-state index contributed by atoms with van der Waals surface area (Å²) in [5.74, 6) is 0.789. The quantitative estimate of drug-likeness (QED) is 0.901. The first-order valence-electron chi connectivity index (χ1n) is 5.78. The SMILES string of the molecule is Cn1cc(COc2cccc(Cl)c2CCN)cn1. The van der Waals surface area contributed by atoms with E-state index in [-0.39, 0.29) is 0 Å². The molecular weight excluding hydrogens is 250 g/mol. The van der Waals surface area contributed by atoms with Crippen LogP contribution in [0.15, 0.2) is 30.6 Å². The van der Waals surface area contributed by atoms with Gasteiger partial charge in [-0.2, -0.15) is 5.10 Å². The summed E-state index contributed by atoms with van der Waals surface area (Å²) in [6.07, 6.45) is 4.42. The smallest absolute Gasteiger partial charge is 0.124 e. The van der Waals surface area contributed by atoms with Gasteiger partial charge >= 0.3 is 0 Å². The summed E-state index contributed by atoms with van der Waals surface area (Å²) in [4.78, 5) is 0. The molecule has 0 aliphatic rings. The Morgan fingerprint density at radius 1 is 1.44 bits per heavy atom. The third-order valence-electron chi connectivity index (χ3n) is 2.62.